The topological polar surface area (TPSA) is 44.8 Å². The van der Waals surface area contributed by atoms with E-state index in [2.05, 4.69) is 0 Å². The first-order chi connectivity index (χ1) is 9.21. The predicted octanol–water partition coefficient (Wildman–Crippen LogP) is 3.20. The Morgan fingerprint density at radius 1 is 1.16 bits per heavy atom. The highest BCUT2D eigenvalue weighted by Crippen LogP contribution is 2.21. The van der Waals surface area contributed by atoms with Crippen LogP contribution in [0.5, 0.6) is 11.5 Å². The van der Waals surface area contributed by atoms with Crippen LogP contribution in [-0.4, -0.2) is 25.3 Å². The minimum absolute atomic E-state index is 0.314. The van der Waals surface area contributed by atoms with E-state index in [4.69, 9.17) is 14.2 Å². The monoisotopic (exact) mass is 266 g/mol. The Morgan fingerprint density at radius 2 is 1.89 bits per heavy atom. The first-order valence-corrected chi connectivity index (χ1v) is 6.77. The number of rotatable bonds is 8. The van der Waals surface area contributed by atoms with E-state index in [1.54, 1.807) is 13.0 Å². The average molecular weight is 266 g/mol. The van der Waals surface area contributed by atoms with E-state index in [1.165, 1.54) is 0 Å². The Morgan fingerprint density at radius 3 is 2.53 bits per heavy atom. The number of carbonyl (C=O) groups is 1. The Bertz CT molecular complexity index is 389. The van der Waals surface area contributed by atoms with Gasteiger partial charge in [0, 0.05) is 6.07 Å². The van der Waals surface area contributed by atoms with Gasteiger partial charge in [-0.3, -0.25) is 0 Å². The average Bonchev–Trinajstić information content (AvgIpc) is 2.39. The highest BCUT2D eigenvalue weighted by molar-refractivity contribution is 5.75. The van der Waals surface area contributed by atoms with Gasteiger partial charge in [0.1, 0.15) is 11.5 Å². The van der Waals surface area contributed by atoms with Crippen LogP contribution >= 0.6 is 0 Å². The molecule has 0 aliphatic carbocycles. The van der Waals surface area contributed by atoms with Gasteiger partial charge in [-0.1, -0.05) is 19.4 Å². The fourth-order valence-corrected chi connectivity index (χ4v) is 1.69. The minimum atomic E-state index is -0.554. The maximum atomic E-state index is 11.8. The second kappa shape index (κ2) is 8.40. The molecule has 0 saturated heterocycles. The van der Waals surface area contributed by atoms with E-state index < -0.39 is 6.10 Å². The van der Waals surface area contributed by atoms with E-state index in [-0.39, 0.29) is 5.97 Å². The number of carbonyl (C=O) groups excluding carboxylic acids is 1. The van der Waals surface area contributed by atoms with Crippen molar-refractivity contribution in [3.05, 3.63) is 24.3 Å². The molecule has 1 aromatic rings. The third-order valence-corrected chi connectivity index (χ3v) is 2.50. The summed E-state index contributed by atoms with van der Waals surface area (Å²) in [6, 6.07) is 7.29. The number of benzene rings is 1. The van der Waals surface area contributed by atoms with Gasteiger partial charge in [0.05, 0.1) is 13.2 Å². The molecule has 1 rings (SSSR count). The molecule has 0 aliphatic rings. The summed E-state index contributed by atoms with van der Waals surface area (Å²) in [6.45, 7) is 6.68. The van der Waals surface area contributed by atoms with Gasteiger partial charge < -0.3 is 14.2 Å². The zero-order chi connectivity index (χ0) is 14.1. The molecule has 0 spiro atoms. The molecular weight excluding hydrogens is 244 g/mol. The van der Waals surface area contributed by atoms with E-state index in [1.807, 2.05) is 32.0 Å². The maximum Gasteiger partial charge on any atom is 0.347 e. The molecule has 106 valence electrons. The van der Waals surface area contributed by atoms with Crippen molar-refractivity contribution in [2.24, 2.45) is 0 Å². The SMILES string of the molecule is CCCC(Oc1cccc(OCC)c1)C(=O)OCC. The van der Waals surface area contributed by atoms with Crippen molar-refractivity contribution in [1.29, 1.82) is 0 Å². The van der Waals surface area contributed by atoms with Crippen LogP contribution in [0.1, 0.15) is 33.6 Å². The molecule has 1 unspecified atom stereocenters. The van der Waals surface area contributed by atoms with Crippen LogP contribution in [0.2, 0.25) is 0 Å². The van der Waals surface area contributed by atoms with Gasteiger partial charge in [0.25, 0.3) is 0 Å². The second-order valence-corrected chi connectivity index (χ2v) is 4.06. The molecular formula is C15H22O4. The fourth-order valence-electron chi connectivity index (χ4n) is 1.69. The quantitative estimate of drug-likeness (QED) is 0.678. The molecule has 1 aromatic carbocycles. The molecule has 1 atom stereocenters. The molecule has 0 bridgehead atoms. The highest BCUT2D eigenvalue weighted by atomic mass is 16.6. The van der Waals surface area contributed by atoms with Crippen LogP contribution < -0.4 is 9.47 Å². The predicted molar refractivity (Wildman–Crippen MR) is 73.6 cm³/mol. The third-order valence-electron chi connectivity index (χ3n) is 2.50. The van der Waals surface area contributed by atoms with Crippen molar-refractivity contribution >= 4 is 5.97 Å². The van der Waals surface area contributed by atoms with E-state index in [0.29, 0.717) is 25.4 Å². The largest absolute Gasteiger partial charge is 0.494 e. The van der Waals surface area contributed by atoms with E-state index in [0.717, 1.165) is 12.2 Å². The first kappa shape index (κ1) is 15.3. The normalized spacial score (nSPS) is 11.7. The number of ether oxygens (including phenoxy) is 3. The van der Waals surface area contributed by atoms with Crippen molar-refractivity contribution in [3.63, 3.8) is 0 Å². The summed E-state index contributed by atoms with van der Waals surface area (Å²) in [5.74, 6) is 1.04. The van der Waals surface area contributed by atoms with Crippen LogP contribution in [0.3, 0.4) is 0 Å². The lowest BCUT2D eigenvalue weighted by atomic mass is 10.2. The summed E-state index contributed by atoms with van der Waals surface area (Å²) in [4.78, 5) is 11.8. The third kappa shape index (κ3) is 5.20. The lowest BCUT2D eigenvalue weighted by Gasteiger charge is -2.17. The lowest BCUT2D eigenvalue weighted by Crippen LogP contribution is -2.29. The van der Waals surface area contributed by atoms with Crippen molar-refractivity contribution in [2.45, 2.75) is 39.7 Å². The molecule has 0 amide bonds. The molecule has 19 heavy (non-hydrogen) atoms. The van der Waals surface area contributed by atoms with Gasteiger partial charge in [-0.05, 0) is 32.4 Å². The summed E-state index contributed by atoms with van der Waals surface area (Å²) in [5, 5.41) is 0. The summed E-state index contributed by atoms with van der Waals surface area (Å²) in [6.07, 6.45) is 0.939. The fraction of sp³-hybridized carbons (Fsp3) is 0.533. The molecule has 0 N–H and O–H groups in total. The van der Waals surface area contributed by atoms with Crippen molar-refractivity contribution in [2.75, 3.05) is 13.2 Å². The molecule has 4 heteroatoms. The summed E-state index contributed by atoms with van der Waals surface area (Å²) in [5.41, 5.74) is 0. The Hall–Kier alpha value is -1.71. The zero-order valence-electron chi connectivity index (χ0n) is 11.8. The molecule has 0 radical (unpaired) electrons. The summed E-state index contributed by atoms with van der Waals surface area (Å²) < 4.78 is 16.1. The van der Waals surface area contributed by atoms with Gasteiger partial charge in [0.2, 0.25) is 0 Å². The second-order valence-electron chi connectivity index (χ2n) is 4.06. The van der Waals surface area contributed by atoms with Crippen LogP contribution in [0.4, 0.5) is 0 Å². The summed E-state index contributed by atoms with van der Waals surface area (Å²) in [7, 11) is 0. The van der Waals surface area contributed by atoms with Crippen molar-refractivity contribution in [3.8, 4) is 11.5 Å². The highest BCUT2D eigenvalue weighted by Gasteiger charge is 2.20. The molecule has 0 fully saturated rings. The zero-order valence-corrected chi connectivity index (χ0v) is 11.8. The maximum absolute atomic E-state index is 11.8. The van der Waals surface area contributed by atoms with Gasteiger partial charge in [-0.2, -0.15) is 0 Å². The minimum Gasteiger partial charge on any atom is -0.494 e. The van der Waals surface area contributed by atoms with Crippen LogP contribution in [-0.2, 0) is 9.53 Å². The molecule has 0 aliphatic heterocycles. The van der Waals surface area contributed by atoms with Gasteiger partial charge in [0.15, 0.2) is 6.10 Å². The lowest BCUT2D eigenvalue weighted by molar-refractivity contribution is -0.151. The Kier molecular flexibility index (Phi) is 6.79. The van der Waals surface area contributed by atoms with Gasteiger partial charge >= 0.3 is 5.97 Å². The number of esters is 1. The number of hydrogen-bond donors (Lipinski definition) is 0. The molecule has 4 nitrogen and oxygen atoms in total. The first-order valence-electron chi connectivity index (χ1n) is 6.77. The van der Waals surface area contributed by atoms with Crippen molar-refractivity contribution < 1.29 is 19.0 Å². The van der Waals surface area contributed by atoms with Crippen LogP contribution in [0.15, 0.2) is 24.3 Å². The summed E-state index contributed by atoms with van der Waals surface area (Å²) >= 11 is 0. The Labute approximate surface area is 114 Å². The Balaban J connectivity index is 2.72. The van der Waals surface area contributed by atoms with Gasteiger partial charge in [-0.15, -0.1) is 0 Å². The molecule has 0 aromatic heterocycles. The van der Waals surface area contributed by atoms with Crippen LogP contribution in [0, 0.1) is 0 Å². The van der Waals surface area contributed by atoms with Gasteiger partial charge in [-0.25, -0.2) is 4.79 Å². The molecule has 0 saturated carbocycles. The van der Waals surface area contributed by atoms with Crippen molar-refractivity contribution in [1.82, 2.24) is 0 Å². The van der Waals surface area contributed by atoms with E-state index >= 15 is 0 Å². The molecule has 0 heterocycles. The van der Waals surface area contributed by atoms with E-state index in [9.17, 15) is 4.79 Å². The van der Waals surface area contributed by atoms with Crippen LogP contribution in [0.25, 0.3) is 0 Å². The number of hydrogen-bond acceptors (Lipinski definition) is 4. The smallest absolute Gasteiger partial charge is 0.347 e. The standard InChI is InChI=1S/C15H22O4/c1-4-8-14(15(16)18-6-3)19-13-10-7-9-12(11-13)17-5-2/h7,9-11,14H,4-6,8H2,1-3H3.